The lowest BCUT2D eigenvalue weighted by Crippen LogP contribution is -2.43. The molecule has 0 amide bonds. The fourth-order valence-electron chi connectivity index (χ4n) is 2.32. The van der Waals surface area contributed by atoms with Gasteiger partial charge in [-0.3, -0.25) is 4.90 Å². The quantitative estimate of drug-likeness (QED) is 0.870. The largest absolute Gasteiger partial charge is 0.451 e. The zero-order chi connectivity index (χ0) is 15.7. The number of piperidine rings is 1. The second-order valence-electron chi connectivity index (χ2n) is 4.98. The SMILES string of the molecule is NC[C@@H](c1cnc(C(F)(F)F)nc1)N1CCC(F)(F)CC1. The fraction of sp³-hybridized carbons (Fsp3) is 0.667. The van der Waals surface area contributed by atoms with Gasteiger partial charge >= 0.3 is 6.18 Å². The van der Waals surface area contributed by atoms with Crippen molar-refractivity contribution >= 4 is 0 Å². The molecular weight excluding hydrogens is 295 g/mol. The average Bonchev–Trinajstić information content (AvgIpc) is 2.41. The number of likely N-dealkylation sites (tertiary alicyclic amines) is 1. The zero-order valence-electron chi connectivity index (χ0n) is 11.1. The molecule has 2 rings (SSSR count). The van der Waals surface area contributed by atoms with Crippen LogP contribution in [0.1, 0.15) is 30.3 Å². The van der Waals surface area contributed by atoms with Gasteiger partial charge in [0, 0.05) is 50.4 Å². The van der Waals surface area contributed by atoms with Crippen LogP contribution in [0, 0.1) is 0 Å². The first-order valence-electron chi connectivity index (χ1n) is 6.44. The first kappa shape index (κ1) is 16.0. The average molecular weight is 310 g/mol. The van der Waals surface area contributed by atoms with Crippen LogP contribution in [0.2, 0.25) is 0 Å². The number of nitrogens with zero attached hydrogens (tertiary/aromatic N) is 3. The highest BCUT2D eigenvalue weighted by Gasteiger charge is 2.37. The molecule has 1 atom stereocenters. The topological polar surface area (TPSA) is 55.0 Å². The molecule has 1 fully saturated rings. The van der Waals surface area contributed by atoms with Crippen LogP contribution in [0.25, 0.3) is 0 Å². The van der Waals surface area contributed by atoms with Crippen molar-refractivity contribution in [2.24, 2.45) is 5.73 Å². The molecule has 118 valence electrons. The van der Waals surface area contributed by atoms with Gasteiger partial charge in [0.1, 0.15) is 0 Å². The van der Waals surface area contributed by atoms with Crippen LogP contribution >= 0.6 is 0 Å². The van der Waals surface area contributed by atoms with E-state index in [2.05, 4.69) is 9.97 Å². The highest BCUT2D eigenvalue weighted by molar-refractivity contribution is 5.13. The van der Waals surface area contributed by atoms with Gasteiger partial charge in [-0.2, -0.15) is 13.2 Å². The summed E-state index contributed by atoms with van der Waals surface area (Å²) in [5.74, 6) is -3.92. The first-order valence-corrected chi connectivity index (χ1v) is 6.44. The van der Waals surface area contributed by atoms with Crippen LogP contribution in [0.3, 0.4) is 0 Å². The van der Waals surface area contributed by atoms with Gasteiger partial charge in [0.2, 0.25) is 5.82 Å². The molecule has 0 bridgehead atoms. The maximum absolute atomic E-state index is 13.1. The number of halogens is 5. The molecule has 0 aliphatic carbocycles. The van der Waals surface area contributed by atoms with Crippen LogP contribution < -0.4 is 5.73 Å². The summed E-state index contributed by atoms with van der Waals surface area (Å²) in [6, 6.07) is -0.455. The number of hydrogen-bond acceptors (Lipinski definition) is 4. The maximum atomic E-state index is 13.1. The van der Waals surface area contributed by atoms with Crippen molar-refractivity contribution in [3.63, 3.8) is 0 Å². The summed E-state index contributed by atoms with van der Waals surface area (Å²) in [5.41, 5.74) is 6.02. The van der Waals surface area contributed by atoms with Gasteiger partial charge in [-0.15, -0.1) is 0 Å². The standard InChI is InChI=1S/C12H15F5N4/c13-11(14)1-3-21(4-2-11)9(5-18)8-6-19-10(20-7-8)12(15,16)17/h6-7,9H,1-5,18H2/t9-/m0/s1. The van der Waals surface area contributed by atoms with Crippen molar-refractivity contribution in [3.05, 3.63) is 23.8 Å². The third-order valence-corrected chi connectivity index (χ3v) is 3.50. The van der Waals surface area contributed by atoms with Crippen molar-refractivity contribution in [3.8, 4) is 0 Å². The third-order valence-electron chi connectivity index (χ3n) is 3.50. The summed E-state index contributed by atoms with van der Waals surface area (Å²) in [7, 11) is 0. The first-order chi connectivity index (χ1) is 9.73. The Morgan fingerprint density at radius 3 is 2.14 bits per heavy atom. The molecule has 0 spiro atoms. The minimum Gasteiger partial charge on any atom is -0.329 e. The van der Waals surface area contributed by atoms with Crippen molar-refractivity contribution in [1.29, 1.82) is 0 Å². The molecule has 9 heteroatoms. The van der Waals surface area contributed by atoms with E-state index in [1.165, 1.54) is 0 Å². The van der Waals surface area contributed by atoms with Crippen LogP contribution in [-0.2, 0) is 6.18 Å². The van der Waals surface area contributed by atoms with E-state index in [4.69, 9.17) is 5.73 Å². The van der Waals surface area contributed by atoms with Gasteiger partial charge in [0.15, 0.2) is 0 Å². The van der Waals surface area contributed by atoms with Gasteiger partial charge in [0.05, 0.1) is 6.04 Å². The smallest absolute Gasteiger partial charge is 0.329 e. The molecule has 4 nitrogen and oxygen atoms in total. The molecule has 1 saturated heterocycles. The monoisotopic (exact) mass is 310 g/mol. The fourth-order valence-corrected chi connectivity index (χ4v) is 2.32. The molecule has 0 radical (unpaired) electrons. The Morgan fingerprint density at radius 1 is 1.19 bits per heavy atom. The van der Waals surface area contributed by atoms with Gasteiger partial charge < -0.3 is 5.73 Å². The highest BCUT2D eigenvalue weighted by atomic mass is 19.4. The minimum absolute atomic E-state index is 0.0975. The Balaban J connectivity index is 2.11. The number of rotatable bonds is 3. The molecular formula is C12H15F5N4. The molecule has 0 aromatic carbocycles. The lowest BCUT2D eigenvalue weighted by Gasteiger charge is -2.36. The molecule has 1 aliphatic heterocycles. The molecule has 2 heterocycles. The van der Waals surface area contributed by atoms with Gasteiger partial charge in [-0.1, -0.05) is 0 Å². The van der Waals surface area contributed by atoms with E-state index in [9.17, 15) is 22.0 Å². The number of alkyl halides is 5. The van der Waals surface area contributed by atoms with Crippen molar-refractivity contribution in [2.75, 3.05) is 19.6 Å². The second-order valence-corrected chi connectivity index (χ2v) is 4.98. The normalized spacial score (nSPS) is 21.2. The molecule has 21 heavy (non-hydrogen) atoms. The summed E-state index contributed by atoms with van der Waals surface area (Å²) in [5, 5.41) is 0. The predicted octanol–water partition coefficient (Wildman–Crippen LogP) is 2.23. The molecule has 0 saturated carbocycles. The number of nitrogens with two attached hydrogens (primary N) is 1. The summed E-state index contributed by atoms with van der Waals surface area (Å²) >= 11 is 0. The Kier molecular flexibility index (Phi) is 4.43. The predicted molar refractivity (Wildman–Crippen MR) is 64.6 cm³/mol. The number of aromatic nitrogens is 2. The van der Waals surface area contributed by atoms with Gasteiger partial charge in [0.25, 0.3) is 5.92 Å². The Labute approximate surface area is 118 Å². The van der Waals surface area contributed by atoms with Crippen molar-refractivity contribution in [2.45, 2.75) is 31.0 Å². The summed E-state index contributed by atoms with van der Waals surface area (Å²) < 4.78 is 63.4. The van der Waals surface area contributed by atoms with E-state index in [-0.39, 0.29) is 32.5 Å². The lowest BCUT2D eigenvalue weighted by molar-refractivity contribution is -0.145. The van der Waals surface area contributed by atoms with E-state index in [1.54, 1.807) is 4.90 Å². The molecule has 1 aromatic heterocycles. The van der Waals surface area contributed by atoms with Crippen LogP contribution in [0.15, 0.2) is 12.4 Å². The van der Waals surface area contributed by atoms with E-state index in [0.29, 0.717) is 5.56 Å². The Hall–Kier alpha value is -1.35. The molecule has 1 aliphatic rings. The molecule has 2 N–H and O–H groups in total. The number of hydrogen-bond donors (Lipinski definition) is 1. The molecule has 0 unspecified atom stereocenters. The Morgan fingerprint density at radius 2 is 1.71 bits per heavy atom. The lowest BCUT2D eigenvalue weighted by atomic mass is 10.0. The van der Waals surface area contributed by atoms with Crippen molar-refractivity contribution < 1.29 is 22.0 Å². The van der Waals surface area contributed by atoms with E-state index in [0.717, 1.165) is 12.4 Å². The van der Waals surface area contributed by atoms with E-state index in [1.807, 2.05) is 0 Å². The van der Waals surface area contributed by atoms with Crippen LogP contribution in [0.4, 0.5) is 22.0 Å². The third kappa shape index (κ3) is 3.85. The summed E-state index contributed by atoms with van der Waals surface area (Å²) in [6.45, 7) is 0.367. The van der Waals surface area contributed by atoms with Crippen LogP contribution in [0.5, 0.6) is 0 Å². The van der Waals surface area contributed by atoms with Crippen molar-refractivity contribution in [1.82, 2.24) is 14.9 Å². The summed E-state index contributed by atoms with van der Waals surface area (Å²) in [6.07, 6.45) is -3.07. The summed E-state index contributed by atoms with van der Waals surface area (Å²) in [4.78, 5) is 8.28. The highest BCUT2D eigenvalue weighted by Crippen LogP contribution is 2.32. The molecule has 1 aromatic rings. The van der Waals surface area contributed by atoms with Crippen LogP contribution in [-0.4, -0.2) is 40.4 Å². The van der Waals surface area contributed by atoms with Gasteiger partial charge in [-0.25, -0.2) is 18.7 Å². The zero-order valence-corrected chi connectivity index (χ0v) is 11.1. The second kappa shape index (κ2) is 5.80. The Bertz CT molecular complexity index is 464. The van der Waals surface area contributed by atoms with E-state index < -0.39 is 24.0 Å². The van der Waals surface area contributed by atoms with Gasteiger partial charge in [-0.05, 0) is 0 Å². The minimum atomic E-state index is -4.61. The maximum Gasteiger partial charge on any atom is 0.451 e. The van der Waals surface area contributed by atoms with E-state index >= 15 is 0 Å².